The normalized spacial score (nSPS) is 16.7. The molecule has 4 heteroatoms. The highest BCUT2D eigenvalue weighted by atomic mass is 35.5. The number of hydrogen-bond donors (Lipinski definition) is 1. The van der Waals surface area contributed by atoms with E-state index in [0.29, 0.717) is 5.02 Å². The zero-order valence-electron chi connectivity index (χ0n) is 13.0. The molecule has 0 saturated heterocycles. The lowest BCUT2D eigenvalue weighted by Gasteiger charge is -2.25. The Bertz CT molecular complexity index is 636. The number of nitrogens with zero attached hydrogens (tertiary/aromatic N) is 1. The Hall–Kier alpha value is -1.87. The van der Waals surface area contributed by atoms with E-state index in [9.17, 15) is 4.79 Å². The first-order chi connectivity index (χ1) is 11.2. The lowest BCUT2D eigenvalue weighted by Crippen LogP contribution is -2.35. The summed E-state index contributed by atoms with van der Waals surface area (Å²) in [5, 5.41) is 3.91. The molecular formula is C19H21ClN2O. The van der Waals surface area contributed by atoms with Crippen LogP contribution in [0.25, 0.3) is 0 Å². The van der Waals surface area contributed by atoms with Crippen LogP contribution in [-0.2, 0) is 4.79 Å². The van der Waals surface area contributed by atoms with Crippen molar-refractivity contribution in [1.82, 2.24) is 10.3 Å². The van der Waals surface area contributed by atoms with Crippen molar-refractivity contribution in [3.8, 4) is 0 Å². The molecule has 1 saturated carbocycles. The Kier molecular flexibility index (Phi) is 5.29. The maximum atomic E-state index is 12.7. The number of carbonyl (C=O) groups excluding carboxylic acids is 1. The van der Waals surface area contributed by atoms with Gasteiger partial charge in [-0.2, -0.15) is 0 Å². The molecule has 1 N–H and O–H groups in total. The quantitative estimate of drug-likeness (QED) is 0.896. The van der Waals surface area contributed by atoms with Crippen LogP contribution < -0.4 is 5.32 Å². The molecule has 0 spiro atoms. The van der Waals surface area contributed by atoms with Crippen LogP contribution in [0.1, 0.15) is 49.3 Å². The maximum absolute atomic E-state index is 12.7. The predicted molar refractivity (Wildman–Crippen MR) is 92.2 cm³/mol. The Morgan fingerprint density at radius 2 is 1.83 bits per heavy atom. The van der Waals surface area contributed by atoms with E-state index in [-0.39, 0.29) is 17.9 Å². The van der Waals surface area contributed by atoms with Gasteiger partial charge in [0, 0.05) is 23.3 Å². The second kappa shape index (κ2) is 7.60. The van der Waals surface area contributed by atoms with Gasteiger partial charge >= 0.3 is 0 Å². The molecule has 0 bridgehead atoms. The summed E-state index contributed by atoms with van der Waals surface area (Å²) in [6.07, 6.45) is 9.07. The lowest BCUT2D eigenvalue weighted by atomic mass is 9.88. The number of hydrogen-bond acceptors (Lipinski definition) is 2. The average Bonchev–Trinajstić information content (AvgIpc) is 2.62. The van der Waals surface area contributed by atoms with Gasteiger partial charge in [0.05, 0.1) is 6.04 Å². The number of halogens is 1. The number of amides is 1. The van der Waals surface area contributed by atoms with Gasteiger partial charge in [0.25, 0.3) is 0 Å². The third-order valence-electron chi connectivity index (χ3n) is 4.48. The molecule has 0 unspecified atom stereocenters. The van der Waals surface area contributed by atoms with Gasteiger partial charge in [-0.25, -0.2) is 0 Å². The standard InChI is InChI=1S/C19H21ClN2O/c20-17-10-8-14(9-11-17)18(16-7-4-12-21-13-16)22-19(23)15-5-2-1-3-6-15/h4,7-13,15,18H,1-3,5-6H2,(H,22,23)/t18-/m0/s1. The van der Waals surface area contributed by atoms with Crippen molar-refractivity contribution < 1.29 is 4.79 Å². The van der Waals surface area contributed by atoms with Crippen LogP contribution in [0.2, 0.25) is 5.02 Å². The zero-order chi connectivity index (χ0) is 16.1. The van der Waals surface area contributed by atoms with E-state index in [1.807, 2.05) is 36.4 Å². The lowest BCUT2D eigenvalue weighted by molar-refractivity contribution is -0.126. The van der Waals surface area contributed by atoms with E-state index >= 15 is 0 Å². The highest BCUT2D eigenvalue weighted by Crippen LogP contribution is 2.27. The number of pyridine rings is 1. The van der Waals surface area contributed by atoms with Crippen molar-refractivity contribution in [1.29, 1.82) is 0 Å². The molecule has 120 valence electrons. The van der Waals surface area contributed by atoms with E-state index in [4.69, 9.17) is 11.6 Å². The summed E-state index contributed by atoms with van der Waals surface area (Å²) >= 11 is 5.99. The smallest absolute Gasteiger partial charge is 0.223 e. The number of nitrogens with one attached hydrogen (secondary N) is 1. The van der Waals surface area contributed by atoms with Gasteiger partial charge in [-0.15, -0.1) is 0 Å². The topological polar surface area (TPSA) is 42.0 Å². The fourth-order valence-corrected chi connectivity index (χ4v) is 3.31. The monoisotopic (exact) mass is 328 g/mol. The van der Waals surface area contributed by atoms with Gasteiger partial charge < -0.3 is 5.32 Å². The molecule has 3 nitrogen and oxygen atoms in total. The molecule has 1 atom stereocenters. The molecule has 1 fully saturated rings. The van der Waals surface area contributed by atoms with Crippen LogP contribution >= 0.6 is 11.6 Å². The molecule has 1 aromatic heterocycles. The van der Waals surface area contributed by atoms with E-state index in [1.165, 1.54) is 6.42 Å². The maximum Gasteiger partial charge on any atom is 0.223 e. The largest absolute Gasteiger partial charge is 0.345 e. The molecule has 0 aliphatic heterocycles. The highest BCUT2D eigenvalue weighted by molar-refractivity contribution is 6.30. The van der Waals surface area contributed by atoms with Gasteiger partial charge in [0.15, 0.2) is 0 Å². The van der Waals surface area contributed by atoms with Crippen LogP contribution in [0, 0.1) is 5.92 Å². The van der Waals surface area contributed by atoms with Crippen LogP contribution in [0.5, 0.6) is 0 Å². The number of benzene rings is 1. The third-order valence-corrected chi connectivity index (χ3v) is 4.74. The Labute approximate surface area is 142 Å². The molecule has 1 heterocycles. The van der Waals surface area contributed by atoms with Gasteiger partial charge in [0.2, 0.25) is 5.91 Å². The minimum atomic E-state index is -0.185. The van der Waals surface area contributed by atoms with Crippen LogP contribution in [0.15, 0.2) is 48.8 Å². The summed E-state index contributed by atoms with van der Waals surface area (Å²) in [6.45, 7) is 0. The fourth-order valence-electron chi connectivity index (χ4n) is 3.19. The van der Waals surface area contributed by atoms with Crippen molar-refractivity contribution in [2.24, 2.45) is 5.92 Å². The molecule has 1 aliphatic rings. The summed E-state index contributed by atoms with van der Waals surface area (Å²) in [5.41, 5.74) is 2.01. The summed E-state index contributed by atoms with van der Waals surface area (Å²) in [6, 6.07) is 11.3. The molecule has 2 aromatic rings. The van der Waals surface area contributed by atoms with Crippen molar-refractivity contribution in [2.75, 3.05) is 0 Å². The summed E-state index contributed by atoms with van der Waals surface area (Å²) in [5.74, 6) is 0.281. The molecular weight excluding hydrogens is 308 g/mol. The first-order valence-electron chi connectivity index (χ1n) is 8.20. The minimum absolute atomic E-state index is 0.134. The van der Waals surface area contributed by atoms with E-state index in [0.717, 1.165) is 36.8 Å². The van der Waals surface area contributed by atoms with E-state index in [2.05, 4.69) is 10.3 Å². The van der Waals surface area contributed by atoms with Crippen molar-refractivity contribution in [2.45, 2.75) is 38.1 Å². The first-order valence-corrected chi connectivity index (χ1v) is 8.57. The van der Waals surface area contributed by atoms with Gasteiger partial charge in [-0.1, -0.05) is 49.1 Å². The van der Waals surface area contributed by atoms with Gasteiger partial charge in [-0.3, -0.25) is 9.78 Å². The predicted octanol–water partition coefficient (Wildman–Crippen LogP) is 4.52. The summed E-state index contributed by atoms with van der Waals surface area (Å²) in [7, 11) is 0. The first kappa shape index (κ1) is 16.0. The Morgan fingerprint density at radius 1 is 1.09 bits per heavy atom. The molecule has 1 aromatic carbocycles. The summed E-state index contributed by atoms with van der Waals surface area (Å²) < 4.78 is 0. The van der Waals surface area contributed by atoms with E-state index in [1.54, 1.807) is 12.4 Å². The molecule has 3 rings (SSSR count). The zero-order valence-corrected chi connectivity index (χ0v) is 13.8. The van der Waals surface area contributed by atoms with Gasteiger partial charge in [-0.05, 0) is 42.2 Å². The van der Waals surface area contributed by atoms with Crippen LogP contribution in [0.4, 0.5) is 0 Å². The van der Waals surface area contributed by atoms with Crippen molar-refractivity contribution in [3.05, 3.63) is 64.9 Å². The average molecular weight is 329 g/mol. The van der Waals surface area contributed by atoms with E-state index < -0.39 is 0 Å². The number of aromatic nitrogens is 1. The Morgan fingerprint density at radius 3 is 2.48 bits per heavy atom. The third kappa shape index (κ3) is 4.11. The molecule has 1 aliphatic carbocycles. The van der Waals surface area contributed by atoms with Crippen molar-refractivity contribution >= 4 is 17.5 Å². The second-order valence-corrected chi connectivity index (χ2v) is 6.55. The van der Waals surface area contributed by atoms with Gasteiger partial charge in [0.1, 0.15) is 0 Å². The van der Waals surface area contributed by atoms with Crippen molar-refractivity contribution in [3.63, 3.8) is 0 Å². The Balaban J connectivity index is 1.83. The number of carbonyl (C=O) groups is 1. The fraction of sp³-hybridized carbons (Fsp3) is 0.368. The number of rotatable bonds is 4. The summed E-state index contributed by atoms with van der Waals surface area (Å²) in [4.78, 5) is 16.9. The molecule has 23 heavy (non-hydrogen) atoms. The molecule has 1 amide bonds. The highest BCUT2D eigenvalue weighted by Gasteiger charge is 2.24. The SMILES string of the molecule is O=C(N[C@@H](c1ccc(Cl)cc1)c1cccnc1)C1CCCCC1. The minimum Gasteiger partial charge on any atom is -0.345 e. The van der Waals surface area contributed by atoms with Crippen LogP contribution in [-0.4, -0.2) is 10.9 Å². The van der Waals surface area contributed by atoms with Crippen LogP contribution in [0.3, 0.4) is 0 Å². The second-order valence-electron chi connectivity index (χ2n) is 6.11. The molecule has 0 radical (unpaired) electrons.